The molecule has 8 heteroatoms. The second-order valence-electron chi connectivity index (χ2n) is 8.21. The molecule has 1 aliphatic rings. The summed E-state index contributed by atoms with van der Waals surface area (Å²) < 4.78 is 0. The lowest BCUT2D eigenvalue weighted by Gasteiger charge is -2.40. The molecule has 4 aromatic rings. The van der Waals surface area contributed by atoms with Gasteiger partial charge in [-0.05, 0) is 31.2 Å². The third-order valence-corrected chi connectivity index (χ3v) is 6.25. The number of piperazine rings is 1. The molecule has 0 saturated carbocycles. The molecule has 1 atom stereocenters. The summed E-state index contributed by atoms with van der Waals surface area (Å²) in [5, 5.41) is 15.0. The minimum absolute atomic E-state index is 0. The van der Waals surface area contributed by atoms with Crippen LogP contribution >= 0.6 is 24.0 Å². The highest BCUT2D eigenvalue weighted by Gasteiger charge is 2.29. The minimum Gasteiger partial charge on any atom is -0.351 e. The van der Waals surface area contributed by atoms with E-state index in [2.05, 4.69) is 51.6 Å². The van der Waals surface area contributed by atoms with Gasteiger partial charge in [0.15, 0.2) is 5.82 Å². The summed E-state index contributed by atoms with van der Waals surface area (Å²) in [4.78, 5) is 16.9. The summed E-state index contributed by atoms with van der Waals surface area (Å²) in [6.07, 6.45) is 0. The maximum Gasteiger partial charge on any atom is 0.322 e. The first-order valence-corrected chi connectivity index (χ1v) is 11.4. The molecule has 1 saturated heterocycles. The third-order valence-electron chi connectivity index (χ3n) is 6.00. The zero-order valence-corrected chi connectivity index (χ0v) is 20.3. The van der Waals surface area contributed by atoms with Crippen LogP contribution in [0.25, 0.3) is 22.0 Å². The topological polar surface area (TPSA) is 61.4 Å². The van der Waals surface area contributed by atoms with E-state index in [1.54, 1.807) is 24.3 Å². The van der Waals surface area contributed by atoms with Gasteiger partial charge in [-0.15, -0.1) is 22.6 Å². The van der Waals surface area contributed by atoms with Gasteiger partial charge in [-0.2, -0.15) is 0 Å². The Morgan fingerprint density at radius 2 is 1.59 bits per heavy atom. The van der Waals surface area contributed by atoms with Gasteiger partial charge in [0, 0.05) is 52.7 Å². The number of rotatable bonds is 3. The van der Waals surface area contributed by atoms with Crippen LogP contribution in [0.1, 0.15) is 6.92 Å². The van der Waals surface area contributed by atoms with Crippen molar-refractivity contribution in [3.63, 3.8) is 0 Å². The molecule has 2 heterocycles. The van der Waals surface area contributed by atoms with Crippen molar-refractivity contribution in [3.8, 4) is 11.3 Å². The lowest BCUT2D eigenvalue weighted by molar-refractivity contribution is 0.184. The van der Waals surface area contributed by atoms with E-state index in [9.17, 15) is 4.79 Å². The summed E-state index contributed by atoms with van der Waals surface area (Å²) >= 11 is 5.94. The van der Waals surface area contributed by atoms with E-state index in [-0.39, 0.29) is 24.5 Å². The van der Waals surface area contributed by atoms with E-state index in [0.29, 0.717) is 24.7 Å². The Hall–Kier alpha value is -3.35. The molecule has 1 N–H and O–H groups in total. The van der Waals surface area contributed by atoms with Gasteiger partial charge >= 0.3 is 6.03 Å². The largest absolute Gasteiger partial charge is 0.351 e. The lowest BCUT2D eigenvalue weighted by atomic mass is 10.0. The molecule has 34 heavy (non-hydrogen) atoms. The fourth-order valence-electron chi connectivity index (χ4n) is 4.31. The van der Waals surface area contributed by atoms with Crippen LogP contribution in [-0.4, -0.2) is 46.8 Å². The zero-order valence-electron chi connectivity index (χ0n) is 18.7. The molecule has 0 bridgehead atoms. The standard InChI is InChI=1S/C26H24ClN5O.ClH/c1-18-17-31(15-16-32(18)26(33)28-21-13-11-20(27)12-14-21)25-23-10-6-5-9-22(23)24(29-30-25)19-7-3-2-4-8-19;/h2-14,18H,15-17H2,1H3,(H,28,33);1H/t18-;/m0./s1. The first-order valence-electron chi connectivity index (χ1n) is 11.0. The van der Waals surface area contributed by atoms with Crippen LogP contribution in [0.15, 0.2) is 78.9 Å². The molecule has 0 unspecified atom stereocenters. The van der Waals surface area contributed by atoms with Crippen LogP contribution in [0, 0.1) is 0 Å². The SMILES string of the molecule is C[C@H]1CN(c2nnc(-c3ccccc3)c3ccccc23)CCN1C(=O)Nc1ccc(Cl)cc1.Cl. The fourth-order valence-corrected chi connectivity index (χ4v) is 4.44. The first kappa shape index (κ1) is 23.8. The second kappa shape index (κ2) is 10.3. The summed E-state index contributed by atoms with van der Waals surface area (Å²) in [6, 6.07) is 25.4. The molecule has 1 fully saturated rings. The summed E-state index contributed by atoms with van der Waals surface area (Å²) in [5.74, 6) is 0.856. The quantitative estimate of drug-likeness (QED) is 0.373. The van der Waals surface area contributed by atoms with E-state index in [0.717, 1.165) is 33.5 Å². The molecule has 1 aromatic heterocycles. The van der Waals surface area contributed by atoms with E-state index in [1.807, 2.05) is 35.2 Å². The van der Waals surface area contributed by atoms with Gasteiger partial charge < -0.3 is 15.1 Å². The molecule has 174 valence electrons. The molecule has 6 nitrogen and oxygen atoms in total. The summed E-state index contributed by atoms with van der Waals surface area (Å²) in [5.41, 5.74) is 2.65. The van der Waals surface area contributed by atoms with Crippen molar-refractivity contribution in [2.75, 3.05) is 29.9 Å². The van der Waals surface area contributed by atoms with Crippen molar-refractivity contribution in [2.24, 2.45) is 0 Å². The van der Waals surface area contributed by atoms with Crippen molar-refractivity contribution < 1.29 is 4.79 Å². The van der Waals surface area contributed by atoms with Crippen molar-refractivity contribution in [1.82, 2.24) is 15.1 Å². The fraction of sp³-hybridized carbons (Fsp3) is 0.192. The van der Waals surface area contributed by atoms with Crippen molar-refractivity contribution in [2.45, 2.75) is 13.0 Å². The highest BCUT2D eigenvalue weighted by Crippen LogP contribution is 2.32. The Balaban J connectivity index is 0.00000274. The molecule has 3 aromatic carbocycles. The van der Waals surface area contributed by atoms with E-state index in [4.69, 9.17) is 11.6 Å². The highest BCUT2D eigenvalue weighted by atomic mass is 35.5. The lowest BCUT2D eigenvalue weighted by Crippen LogP contribution is -2.55. The third kappa shape index (κ3) is 4.79. The molecule has 0 radical (unpaired) electrons. The van der Waals surface area contributed by atoms with Crippen LogP contribution in [0.5, 0.6) is 0 Å². The van der Waals surface area contributed by atoms with Crippen LogP contribution in [-0.2, 0) is 0 Å². The maximum absolute atomic E-state index is 12.9. The van der Waals surface area contributed by atoms with Gasteiger partial charge in [-0.3, -0.25) is 0 Å². The Morgan fingerprint density at radius 3 is 2.29 bits per heavy atom. The summed E-state index contributed by atoms with van der Waals surface area (Å²) in [7, 11) is 0. The van der Waals surface area contributed by atoms with E-state index < -0.39 is 0 Å². The number of hydrogen-bond acceptors (Lipinski definition) is 4. The number of nitrogens with one attached hydrogen (secondary N) is 1. The molecule has 2 amide bonds. The second-order valence-corrected chi connectivity index (χ2v) is 8.65. The van der Waals surface area contributed by atoms with Crippen LogP contribution in [0.3, 0.4) is 0 Å². The van der Waals surface area contributed by atoms with E-state index in [1.165, 1.54) is 0 Å². The molecular formula is C26H25Cl2N5O. The molecular weight excluding hydrogens is 469 g/mol. The number of halogens is 2. The van der Waals surface area contributed by atoms with Crippen LogP contribution in [0.2, 0.25) is 5.02 Å². The average molecular weight is 494 g/mol. The number of urea groups is 1. The highest BCUT2D eigenvalue weighted by molar-refractivity contribution is 6.30. The Labute approximate surface area is 210 Å². The molecule has 5 rings (SSSR count). The Kier molecular flexibility index (Phi) is 7.20. The number of anilines is 2. The summed E-state index contributed by atoms with van der Waals surface area (Å²) in [6.45, 7) is 4.01. The maximum atomic E-state index is 12.9. The minimum atomic E-state index is -0.111. The molecule has 0 spiro atoms. The number of hydrogen-bond donors (Lipinski definition) is 1. The number of amides is 2. The van der Waals surface area contributed by atoms with Crippen LogP contribution < -0.4 is 10.2 Å². The average Bonchev–Trinajstić information content (AvgIpc) is 2.85. The Morgan fingerprint density at radius 1 is 0.912 bits per heavy atom. The normalized spacial score (nSPS) is 15.6. The predicted octanol–water partition coefficient (Wildman–Crippen LogP) is 6.11. The van der Waals surface area contributed by atoms with Gasteiger partial charge in [0.2, 0.25) is 0 Å². The number of carbonyl (C=O) groups excluding carboxylic acids is 1. The van der Waals surface area contributed by atoms with Gasteiger partial charge in [0.25, 0.3) is 0 Å². The number of nitrogens with zero attached hydrogens (tertiary/aromatic N) is 4. The number of carbonyl (C=O) groups is 1. The van der Waals surface area contributed by atoms with Gasteiger partial charge in [0.1, 0.15) is 5.69 Å². The smallest absolute Gasteiger partial charge is 0.322 e. The van der Waals surface area contributed by atoms with Crippen molar-refractivity contribution in [3.05, 3.63) is 83.9 Å². The van der Waals surface area contributed by atoms with Crippen molar-refractivity contribution in [1.29, 1.82) is 0 Å². The predicted molar refractivity (Wildman–Crippen MR) is 141 cm³/mol. The first-order chi connectivity index (χ1) is 16.1. The molecule has 1 aliphatic heterocycles. The van der Waals surface area contributed by atoms with Gasteiger partial charge in [0.05, 0.1) is 0 Å². The zero-order chi connectivity index (χ0) is 22.8. The van der Waals surface area contributed by atoms with E-state index >= 15 is 0 Å². The monoisotopic (exact) mass is 493 g/mol. The molecule has 0 aliphatic carbocycles. The Bertz CT molecular complexity index is 1280. The number of fused-ring (bicyclic) bond motifs is 1. The number of aromatic nitrogens is 2. The van der Waals surface area contributed by atoms with Gasteiger partial charge in [-0.25, -0.2) is 4.79 Å². The number of benzene rings is 3. The van der Waals surface area contributed by atoms with Gasteiger partial charge in [-0.1, -0.05) is 66.2 Å². The van der Waals surface area contributed by atoms with Crippen LogP contribution in [0.4, 0.5) is 16.3 Å². The van der Waals surface area contributed by atoms with Crippen molar-refractivity contribution >= 4 is 52.3 Å².